The van der Waals surface area contributed by atoms with Gasteiger partial charge in [-0.25, -0.2) is 4.79 Å². The highest BCUT2D eigenvalue weighted by Crippen LogP contribution is 2.26. The van der Waals surface area contributed by atoms with Gasteiger partial charge in [-0.2, -0.15) is 0 Å². The quantitative estimate of drug-likeness (QED) is 0.723. The fourth-order valence-corrected chi connectivity index (χ4v) is 2.76. The summed E-state index contributed by atoms with van der Waals surface area (Å²) in [4.78, 5) is 12.2. The highest BCUT2D eigenvalue weighted by Gasteiger charge is 2.23. The van der Waals surface area contributed by atoms with Crippen molar-refractivity contribution in [3.05, 3.63) is 35.9 Å². The smallest absolute Gasteiger partial charge is 0.315 e. The van der Waals surface area contributed by atoms with Crippen LogP contribution in [0, 0.1) is 5.92 Å². The molecule has 0 bridgehead atoms. The maximum atomic E-state index is 12.2. The summed E-state index contributed by atoms with van der Waals surface area (Å²) in [6, 6.07) is 9.78. The third-order valence-corrected chi connectivity index (χ3v) is 4.04. The highest BCUT2D eigenvalue weighted by atomic mass is 16.5. The van der Waals surface area contributed by atoms with Crippen molar-refractivity contribution in [1.29, 1.82) is 0 Å². The molecule has 1 fully saturated rings. The number of benzene rings is 1. The van der Waals surface area contributed by atoms with Crippen LogP contribution in [0.1, 0.15) is 37.8 Å². The van der Waals surface area contributed by atoms with Crippen LogP contribution in [0.2, 0.25) is 0 Å². The first kappa shape index (κ1) is 16.8. The van der Waals surface area contributed by atoms with Crippen LogP contribution in [0.3, 0.4) is 0 Å². The molecule has 0 saturated carbocycles. The Bertz CT molecular complexity index is 446. The van der Waals surface area contributed by atoms with Gasteiger partial charge in [-0.3, -0.25) is 0 Å². The van der Waals surface area contributed by atoms with Gasteiger partial charge in [0.15, 0.2) is 0 Å². The van der Waals surface area contributed by atoms with Gasteiger partial charge in [-0.15, -0.1) is 0 Å². The van der Waals surface area contributed by atoms with E-state index in [4.69, 9.17) is 9.84 Å². The van der Waals surface area contributed by atoms with E-state index < -0.39 is 0 Å². The van der Waals surface area contributed by atoms with Crippen LogP contribution in [-0.2, 0) is 4.74 Å². The first-order valence-corrected chi connectivity index (χ1v) is 7.99. The van der Waals surface area contributed by atoms with Crippen LogP contribution in [-0.4, -0.2) is 37.0 Å². The van der Waals surface area contributed by atoms with E-state index >= 15 is 0 Å². The van der Waals surface area contributed by atoms with Gasteiger partial charge >= 0.3 is 6.03 Å². The van der Waals surface area contributed by atoms with Crippen molar-refractivity contribution in [1.82, 2.24) is 10.6 Å². The first-order chi connectivity index (χ1) is 10.7. The molecule has 22 heavy (non-hydrogen) atoms. The lowest BCUT2D eigenvalue weighted by molar-refractivity contribution is 0.180. The predicted octanol–water partition coefficient (Wildman–Crippen LogP) is 2.22. The van der Waals surface area contributed by atoms with Gasteiger partial charge in [0.1, 0.15) is 0 Å². The van der Waals surface area contributed by atoms with Gasteiger partial charge in [0.2, 0.25) is 0 Å². The number of nitrogens with one attached hydrogen (secondary N) is 2. The molecule has 2 unspecified atom stereocenters. The number of carbonyl (C=O) groups excluding carboxylic acids is 1. The monoisotopic (exact) mass is 306 g/mol. The molecule has 1 heterocycles. The lowest BCUT2D eigenvalue weighted by atomic mass is 9.94. The van der Waals surface area contributed by atoms with Gasteiger partial charge in [-0.05, 0) is 37.7 Å². The molecule has 122 valence electrons. The molecule has 1 saturated heterocycles. The number of rotatable bonds is 7. The van der Waals surface area contributed by atoms with E-state index in [0.29, 0.717) is 12.3 Å². The zero-order valence-corrected chi connectivity index (χ0v) is 13.1. The Kier molecular flexibility index (Phi) is 6.68. The second kappa shape index (κ2) is 8.76. The number of aliphatic hydroxyl groups excluding tert-OH is 1. The second-order valence-electron chi connectivity index (χ2n) is 5.96. The molecule has 1 aromatic carbocycles. The van der Waals surface area contributed by atoms with E-state index in [1.807, 2.05) is 37.3 Å². The number of urea groups is 1. The van der Waals surface area contributed by atoms with E-state index in [-0.39, 0.29) is 24.7 Å². The summed E-state index contributed by atoms with van der Waals surface area (Å²) >= 11 is 0. The molecule has 1 aliphatic heterocycles. The Morgan fingerprint density at radius 3 is 2.77 bits per heavy atom. The minimum atomic E-state index is -0.186. The van der Waals surface area contributed by atoms with Crippen LogP contribution in [0.5, 0.6) is 0 Å². The molecule has 1 aromatic rings. The van der Waals surface area contributed by atoms with E-state index in [2.05, 4.69) is 10.6 Å². The van der Waals surface area contributed by atoms with Crippen LogP contribution < -0.4 is 10.6 Å². The Morgan fingerprint density at radius 2 is 2.14 bits per heavy atom. The highest BCUT2D eigenvalue weighted by molar-refractivity contribution is 5.74. The number of amides is 2. The van der Waals surface area contributed by atoms with Gasteiger partial charge in [-0.1, -0.05) is 30.3 Å². The molecule has 0 radical (unpaired) electrons. The van der Waals surface area contributed by atoms with Crippen molar-refractivity contribution >= 4 is 6.03 Å². The number of hydrogen-bond donors (Lipinski definition) is 3. The Morgan fingerprint density at radius 1 is 1.36 bits per heavy atom. The summed E-state index contributed by atoms with van der Waals surface area (Å²) in [5.74, 6) is 0.486. The summed E-state index contributed by atoms with van der Waals surface area (Å²) < 4.78 is 5.44. The van der Waals surface area contributed by atoms with Crippen molar-refractivity contribution in [2.45, 2.75) is 38.3 Å². The molecule has 1 aliphatic rings. The van der Waals surface area contributed by atoms with Crippen LogP contribution >= 0.6 is 0 Å². The molecular formula is C17H26N2O3. The largest absolute Gasteiger partial charge is 0.396 e. The van der Waals surface area contributed by atoms with Crippen molar-refractivity contribution in [3.8, 4) is 0 Å². The summed E-state index contributed by atoms with van der Waals surface area (Å²) in [5.41, 5.74) is 1.11. The number of carbonyl (C=O) groups is 1. The fraction of sp³-hybridized carbons (Fsp3) is 0.588. The molecule has 0 spiro atoms. The lowest BCUT2D eigenvalue weighted by Gasteiger charge is -2.23. The normalized spacial score (nSPS) is 20.4. The Labute approximate surface area is 132 Å². The lowest BCUT2D eigenvalue weighted by Crippen LogP contribution is -2.43. The summed E-state index contributed by atoms with van der Waals surface area (Å²) in [5, 5.41) is 14.8. The predicted molar refractivity (Wildman–Crippen MR) is 85.6 cm³/mol. The molecule has 2 amide bonds. The number of ether oxygens (including phenoxy) is 1. The fourth-order valence-electron chi connectivity index (χ4n) is 2.76. The minimum Gasteiger partial charge on any atom is -0.396 e. The zero-order chi connectivity index (χ0) is 15.8. The average Bonchev–Trinajstić information content (AvgIpc) is 3.00. The maximum absolute atomic E-state index is 12.2. The number of aliphatic hydroxyl groups is 1. The second-order valence-corrected chi connectivity index (χ2v) is 5.96. The van der Waals surface area contributed by atoms with Gasteiger partial charge in [0.25, 0.3) is 0 Å². The molecule has 2 rings (SSSR count). The van der Waals surface area contributed by atoms with Crippen LogP contribution in [0.15, 0.2) is 30.3 Å². The summed E-state index contributed by atoms with van der Waals surface area (Å²) in [6.45, 7) is 3.54. The first-order valence-electron chi connectivity index (χ1n) is 7.99. The maximum Gasteiger partial charge on any atom is 0.315 e. The van der Waals surface area contributed by atoms with Crippen LogP contribution in [0.25, 0.3) is 0 Å². The third kappa shape index (κ3) is 5.31. The van der Waals surface area contributed by atoms with Crippen molar-refractivity contribution in [3.63, 3.8) is 0 Å². The van der Waals surface area contributed by atoms with Gasteiger partial charge < -0.3 is 20.5 Å². The molecule has 5 nitrogen and oxygen atoms in total. The Hall–Kier alpha value is -1.59. The standard InChI is InChI=1S/C17H26N2O3/c1-13(7-9-20)18-17(21)19-16(11-14-8-10-22-12-14)15-5-3-2-4-6-15/h2-6,13-14,16,20H,7-12H2,1H3,(H2,18,19,21)/t13-,14?,16?/m1/s1. The average molecular weight is 306 g/mol. The van der Waals surface area contributed by atoms with E-state index in [1.165, 1.54) is 0 Å². The SMILES string of the molecule is C[C@H](CCO)NC(=O)NC(CC1CCOC1)c1ccccc1. The van der Waals surface area contributed by atoms with Crippen molar-refractivity contribution in [2.75, 3.05) is 19.8 Å². The summed E-state index contributed by atoms with van der Waals surface area (Å²) in [6.07, 6.45) is 2.49. The molecule has 5 heteroatoms. The van der Waals surface area contributed by atoms with E-state index in [0.717, 1.165) is 31.6 Å². The molecule has 3 N–H and O–H groups in total. The molecule has 0 aliphatic carbocycles. The van der Waals surface area contributed by atoms with E-state index in [1.54, 1.807) is 0 Å². The van der Waals surface area contributed by atoms with E-state index in [9.17, 15) is 4.79 Å². The molecule has 3 atom stereocenters. The topological polar surface area (TPSA) is 70.6 Å². The number of hydrogen-bond acceptors (Lipinski definition) is 3. The van der Waals surface area contributed by atoms with Gasteiger partial charge in [0.05, 0.1) is 6.04 Å². The minimum absolute atomic E-state index is 0.0192. The third-order valence-electron chi connectivity index (χ3n) is 4.04. The van der Waals surface area contributed by atoms with Crippen molar-refractivity contribution < 1.29 is 14.6 Å². The van der Waals surface area contributed by atoms with Crippen LogP contribution in [0.4, 0.5) is 4.79 Å². The molecule has 0 aromatic heterocycles. The van der Waals surface area contributed by atoms with Gasteiger partial charge in [0, 0.05) is 25.9 Å². The zero-order valence-electron chi connectivity index (χ0n) is 13.1. The molecular weight excluding hydrogens is 280 g/mol. The van der Waals surface area contributed by atoms with Crippen molar-refractivity contribution in [2.24, 2.45) is 5.92 Å². The summed E-state index contributed by atoms with van der Waals surface area (Å²) in [7, 11) is 0. The Balaban J connectivity index is 1.96.